The van der Waals surface area contributed by atoms with Crippen molar-refractivity contribution in [1.29, 1.82) is 0 Å². The molecule has 1 aliphatic heterocycles. The predicted molar refractivity (Wildman–Crippen MR) is 151 cm³/mol. The third-order valence-corrected chi connectivity index (χ3v) is 7.83. The number of halogens is 2. The summed E-state index contributed by atoms with van der Waals surface area (Å²) in [5, 5.41) is 5.29. The Labute approximate surface area is 245 Å². The van der Waals surface area contributed by atoms with Crippen molar-refractivity contribution in [2.75, 3.05) is 26.1 Å². The standard InChI is InChI=1S/C27H23Br2N3O8/c1-14-4-6-16(7-5-14)30-21(33)13-39-24-20(37-2)11-15(22(28)23(24)29)10-18-25(34)32(27(36)31-18)12-17-8-9-19(40-17)26(35)38-3/h4-11H,12-13H2,1-3H3,(H,30,33)(H,31,36)/b18-10-. The molecule has 1 aromatic heterocycles. The highest BCUT2D eigenvalue weighted by molar-refractivity contribution is 9.13. The zero-order valence-corrected chi connectivity index (χ0v) is 24.7. The molecule has 11 nitrogen and oxygen atoms in total. The maximum Gasteiger partial charge on any atom is 0.373 e. The minimum atomic E-state index is -0.673. The Hall–Kier alpha value is -4.10. The number of carbonyl (C=O) groups is 4. The Morgan fingerprint density at radius 3 is 2.48 bits per heavy atom. The molecule has 0 spiro atoms. The lowest BCUT2D eigenvalue weighted by atomic mass is 10.1. The van der Waals surface area contributed by atoms with Crippen molar-refractivity contribution in [2.45, 2.75) is 13.5 Å². The Bertz CT molecular complexity index is 1510. The summed E-state index contributed by atoms with van der Waals surface area (Å²) in [7, 11) is 2.65. The highest BCUT2D eigenvalue weighted by Crippen LogP contribution is 2.43. The van der Waals surface area contributed by atoms with E-state index in [0.29, 0.717) is 20.2 Å². The lowest BCUT2D eigenvalue weighted by molar-refractivity contribution is -0.123. The lowest BCUT2D eigenvalue weighted by Gasteiger charge is -2.15. The molecule has 2 N–H and O–H groups in total. The Kier molecular flexibility index (Phi) is 8.95. The van der Waals surface area contributed by atoms with Crippen LogP contribution in [0.25, 0.3) is 6.08 Å². The quantitative estimate of drug-likeness (QED) is 0.183. The van der Waals surface area contributed by atoms with Crippen molar-refractivity contribution in [1.82, 2.24) is 10.2 Å². The van der Waals surface area contributed by atoms with Gasteiger partial charge in [0.1, 0.15) is 11.5 Å². The number of benzene rings is 2. The molecule has 0 aliphatic carbocycles. The van der Waals surface area contributed by atoms with Crippen LogP contribution in [-0.4, -0.2) is 49.5 Å². The van der Waals surface area contributed by atoms with Crippen molar-refractivity contribution in [3.63, 3.8) is 0 Å². The van der Waals surface area contributed by atoms with Gasteiger partial charge in [0.05, 0.1) is 25.2 Å². The number of nitrogens with one attached hydrogen (secondary N) is 2. The van der Waals surface area contributed by atoms with Crippen LogP contribution in [0.5, 0.6) is 11.5 Å². The molecule has 4 rings (SSSR count). The number of hydrogen-bond donors (Lipinski definition) is 2. The summed E-state index contributed by atoms with van der Waals surface area (Å²) in [6.45, 7) is 1.47. The second-order valence-electron chi connectivity index (χ2n) is 8.47. The molecular weight excluding hydrogens is 654 g/mol. The van der Waals surface area contributed by atoms with Crippen LogP contribution in [0, 0.1) is 6.92 Å². The number of esters is 1. The van der Waals surface area contributed by atoms with Gasteiger partial charge in [-0.3, -0.25) is 14.5 Å². The SMILES string of the molecule is COC(=O)c1ccc(CN2C(=O)N/C(=C\c3cc(OC)c(OCC(=O)Nc4ccc(C)cc4)c(Br)c3Br)C2=O)o1. The van der Waals surface area contributed by atoms with Crippen molar-refractivity contribution < 1.29 is 37.8 Å². The van der Waals surface area contributed by atoms with Gasteiger partial charge in [0, 0.05) is 10.2 Å². The number of carbonyl (C=O) groups excluding carboxylic acids is 4. The molecule has 13 heteroatoms. The Morgan fingerprint density at radius 1 is 1.07 bits per heavy atom. The van der Waals surface area contributed by atoms with Crippen LogP contribution < -0.4 is 20.1 Å². The van der Waals surface area contributed by atoms with Crippen LogP contribution in [-0.2, 0) is 20.9 Å². The second kappa shape index (κ2) is 12.4. The average molecular weight is 677 g/mol. The smallest absolute Gasteiger partial charge is 0.373 e. The van der Waals surface area contributed by atoms with Crippen LogP contribution in [0.3, 0.4) is 0 Å². The maximum absolute atomic E-state index is 13.0. The number of aryl methyl sites for hydroxylation is 1. The van der Waals surface area contributed by atoms with E-state index < -0.39 is 17.9 Å². The van der Waals surface area contributed by atoms with Gasteiger partial charge in [-0.05, 0) is 80.8 Å². The third-order valence-electron chi connectivity index (χ3n) is 5.68. The fraction of sp³-hybridized carbons (Fsp3) is 0.185. The zero-order chi connectivity index (χ0) is 29.0. The van der Waals surface area contributed by atoms with Crippen LogP contribution >= 0.6 is 31.9 Å². The molecule has 0 bridgehead atoms. The van der Waals surface area contributed by atoms with E-state index in [-0.39, 0.29) is 47.8 Å². The molecule has 40 heavy (non-hydrogen) atoms. The fourth-order valence-corrected chi connectivity index (χ4v) is 4.62. The van der Waals surface area contributed by atoms with Crippen molar-refractivity contribution >= 4 is 67.4 Å². The molecule has 1 aliphatic rings. The molecule has 208 valence electrons. The molecule has 2 heterocycles. The number of hydrogen-bond acceptors (Lipinski definition) is 8. The Morgan fingerprint density at radius 2 is 1.80 bits per heavy atom. The van der Waals surface area contributed by atoms with Gasteiger partial charge >= 0.3 is 12.0 Å². The van der Waals surface area contributed by atoms with Gasteiger partial charge in [-0.25, -0.2) is 9.59 Å². The normalized spacial score (nSPS) is 13.8. The Balaban J connectivity index is 1.49. The van der Waals surface area contributed by atoms with Crippen LogP contribution in [0.15, 0.2) is 61.5 Å². The van der Waals surface area contributed by atoms with Crippen LogP contribution in [0.4, 0.5) is 10.5 Å². The fourth-order valence-electron chi connectivity index (χ4n) is 3.67. The van der Waals surface area contributed by atoms with Gasteiger partial charge in [0.2, 0.25) is 5.76 Å². The third kappa shape index (κ3) is 6.37. The predicted octanol–water partition coefficient (Wildman–Crippen LogP) is 5.02. The van der Waals surface area contributed by atoms with Gasteiger partial charge in [-0.15, -0.1) is 0 Å². The van der Waals surface area contributed by atoms with Crippen molar-refractivity contribution in [2.24, 2.45) is 0 Å². The van der Waals surface area contributed by atoms with Crippen LogP contribution in [0.2, 0.25) is 0 Å². The lowest BCUT2D eigenvalue weighted by Crippen LogP contribution is -2.30. The molecule has 2 aromatic carbocycles. The largest absolute Gasteiger partial charge is 0.493 e. The number of anilines is 1. The molecule has 0 saturated carbocycles. The zero-order valence-electron chi connectivity index (χ0n) is 21.5. The monoisotopic (exact) mass is 675 g/mol. The maximum atomic E-state index is 13.0. The topological polar surface area (TPSA) is 136 Å². The molecular formula is C27H23Br2N3O8. The molecule has 0 atom stereocenters. The van der Waals surface area contributed by atoms with E-state index in [1.165, 1.54) is 32.4 Å². The first kappa shape index (κ1) is 28.9. The van der Waals surface area contributed by atoms with E-state index in [4.69, 9.17) is 13.9 Å². The number of rotatable bonds is 9. The van der Waals surface area contributed by atoms with E-state index in [1.54, 1.807) is 18.2 Å². The minimum Gasteiger partial charge on any atom is -0.493 e. The van der Waals surface area contributed by atoms with Crippen LogP contribution in [0.1, 0.15) is 27.4 Å². The van der Waals surface area contributed by atoms with E-state index in [9.17, 15) is 19.2 Å². The summed E-state index contributed by atoms with van der Waals surface area (Å²) < 4.78 is 22.1. The number of ether oxygens (including phenoxy) is 3. The molecule has 3 aromatic rings. The van der Waals surface area contributed by atoms with E-state index >= 15 is 0 Å². The number of amides is 4. The summed E-state index contributed by atoms with van der Waals surface area (Å²) in [4.78, 5) is 50.5. The summed E-state index contributed by atoms with van der Waals surface area (Å²) in [6.07, 6.45) is 1.47. The summed E-state index contributed by atoms with van der Waals surface area (Å²) in [6, 6.07) is 11.2. The van der Waals surface area contributed by atoms with Gasteiger partial charge in [-0.2, -0.15) is 0 Å². The van der Waals surface area contributed by atoms with Gasteiger partial charge < -0.3 is 29.3 Å². The number of methoxy groups -OCH3 is 2. The number of nitrogens with zero attached hydrogens (tertiary/aromatic N) is 1. The van der Waals surface area contributed by atoms with Gasteiger partial charge in [0.15, 0.2) is 18.1 Å². The van der Waals surface area contributed by atoms with E-state index in [0.717, 1.165) is 10.5 Å². The number of furan rings is 1. The summed E-state index contributed by atoms with van der Waals surface area (Å²) >= 11 is 6.93. The minimum absolute atomic E-state index is 0.00513. The second-order valence-corrected chi connectivity index (χ2v) is 10.1. The number of imide groups is 1. The number of urea groups is 1. The van der Waals surface area contributed by atoms with E-state index in [1.807, 2.05) is 19.1 Å². The molecule has 1 saturated heterocycles. The molecule has 1 fully saturated rings. The highest BCUT2D eigenvalue weighted by Gasteiger charge is 2.35. The molecule has 0 radical (unpaired) electrons. The van der Waals surface area contributed by atoms with Crippen molar-refractivity contribution in [3.05, 3.63) is 79.8 Å². The molecule has 0 unspecified atom stereocenters. The average Bonchev–Trinajstić information content (AvgIpc) is 3.51. The molecule has 4 amide bonds. The van der Waals surface area contributed by atoms with Crippen molar-refractivity contribution in [3.8, 4) is 11.5 Å². The van der Waals surface area contributed by atoms with Gasteiger partial charge in [0.25, 0.3) is 11.8 Å². The first-order valence-electron chi connectivity index (χ1n) is 11.7. The first-order chi connectivity index (χ1) is 19.1. The van der Waals surface area contributed by atoms with E-state index in [2.05, 4.69) is 47.2 Å². The first-order valence-corrected chi connectivity index (χ1v) is 13.3. The summed E-state index contributed by atoms with van der Waals surface area (Å²) in [5.41, 5.74) is 2.20. The highest BCUT2D eigenvalue weighted by atomic mass is 79.9. The van der Waals surface area contributed by atoms with Gasteiger partial charge in [-0.1, -0.05) is 17.7 Å². The summed E-state index contributed by atoms with van der Waals surface area (Å²) in [5.74, 6) is -0.916.